The van der Waals surface area contributed by atoms with Crippen LogP contribution in [0, 0.1) is 0 Å². The molecule has 3 nitrogen and oxygen atoms in total. The summed E-state index contributed by atoms with van der Waals surface area (Å²) in [5, 5.41) is 9.44. The molecule has 0 aromatic heterocycles. The molecule has 0 bridgehead atoms. The predicted octanol–water partition coefficient (Wildman–Crippen LogP) is 2.20. The average molecular weight is 300 g/mol. The minimum atomic E-state index is -0.280. The molecule has 1 aliphatic heterocycles. The lowest BCUT2D eigenvalue weighted by Gasteiger charge is -2.30. The minimum Gasteiger partial charge on any atom is -0.496 e. The third-order valence-electron chi connectivity index (χ3n) is 3.09. The topological polar surface area (TPSA) is 32.7 Å². The summed E-state index contributed by atoms with van der Waals surface area (Å²) < 4.78 is 6.49. The number of hydrogen-bond acceptors (Lipinski definition) is 3. The lowest BCUT2D eigenvalue weighted by atomic mass is 9.98. The van der Waals surface area contributed by atoms with Gasteiger partial charge in [0.25, 0.3) is 0 Å². The molecule has 94 valence electrons. The average Bonchev–Trinajstić information content (AvgIpc) is 2.27. The van der Waals surface area contributed by atoms with Crippen molar-refractivity contribution in [3.8, 4) is 5.75 Å². The van der Waals surface area contributed by atoms with E-state index in [1.165, 1.54) is 11.1 Å². The number of hydrogen-bond donors (Lipinski definition) is 1. The fourth-order valence-corrected chi connectivity index (χ4v) is 2.85. The monoisotopic (exact) mass is 299 g/mol. The van der Waals surface area contributed by atoms with E-state index in [4.69, 9.17) is 4.74 Å². The van der Waals surface area contributed by atoms with Gasteiger partial charge in [0.05, 0.1) is 13.2 Å². The Bertz CT molecular complexity index is 389. The van der Waals surface area contributed by atoms with Gasteiger partial charge in [0.2, 0.25) is 0 Å². The molecule has 0 spiro atoms. The lowest BCUT2D eigenvalue weighted by molar-refractivity contribution is 0.118. The standard InChI is InChI=1S/C13H18BrNO2/c1-9(16)7-15-4-3-10-5-11(14)6-13(17-2)12(10)8-15/h5-6,9,16H,3-4,7-8H2,1-2H3/t9-/m0/s1. The highest BCUT2D eigenvalue weighted by atomic mass is 79.9. The van der Waals surface area contributed by atoms with Crippen molar-refractivity contribution in [2.24, 2.45) is 0 Å². The van der Waals surface area contributed by atoms with E-state index in [0.29, 0.717) is 0 Å². The SMILES string of the molecule is COc1cc(Br)cc2c1CN(C[C@H](C)O)CC2. The molecule has 2 rings (SSSR count). The predicted molar refractivity (Wildman–Crippen MR) is 71.4 cm³/mol. The van der Waals surface area contributed by atoms with Crippen LogP contribution in [0.15, 0.2) is 16.6 Å². The third kappa shape index (κ3) is 3.00. The highest BCUT2D eigenvalue weighted by Gasteiger charge is 2.21. The van der Waals surface area contributed by atoms with Crippen LogP contribution in [-0.4, -0.2) is 36.3 Å². The number of rotatable bonds is 3. The number of aliphatic hydroxyl groups is 1. The van der Waals surface area contributed by atoms with Gasteiger partial charge in [-0.1, -0.05) is 15.9 Å². The van der Waals surface area contributed by atoms with Crippen LogP contribution < -0.4 is 4.74 Å². The Hall–Kier alpha value is -0.580. The highest BCUT2D eigenvalue weighted by Crippen LogP contribution is 2.31. The van der Waals surface area contributed by atoms with E-state index in [0.717, 1.165) is 36.3 Å². The Balaban J connectivity index is 2.24. The van der Waals surface area contributed by atoms with Crippen LogP contribution in [0.3, 0.4) is 0 Å². The molecule has 0 amide bonds. The number of nitrogens with zero attached hydrogens (tertiary/aromatic N) is 1. The molecule has 0 saturated heterocycles. The zero-order chi connectivity index (χ0) is 12.4. The van der Waals surface area contributed by atoms with Crippen LogP contribution in [0.2, 0.25) is 0 Å². The maximum atomic E-state index is 9.44. The van der Waals surface area contributed by atoms with Gasteiger partial charge in [-0.3, -0.25) is 4.90 Å². The summed E-state index contributed by atoms with van der Waals surface area (Å²) in [5.41, 5.74) is 2.60. The Morgan fingerprint density at radius 3 is 2.94 bits per heavy atom. The quantitative estimate of drug-likeness (QED) is 0.929. The van der Waals surface area contributed by atoms with Crippen molar-refractivity contribution in [2.75, 3.05) is 20.2 Å². The molecule has 1 aromatic rings. The van der Waals surface area contributed by atoms with Gasteiger partial charge in [-0.25, -0.2) is 0 Å². The fourth-order valence-electron chi connectivity index (χ4n) is 2.36. The first kappa shape index (κ1) is 12.9. The molecule has 1 aliphatic rings. The van der Waals surface area contributed by atoms with Gasteiger partial charge in [0, 0.05) is 29.7 Å². The van der Waals surface area contributed by atoms with Crippen molar-refractivity contribution in [1.29, 1.82) is 0 Å². The lowest BCUT2D eigenvalue weighted by Crippen LogP contribution is -2.35. The second kappa shape index (κ2) is 5.38. The van der Waals surface area contributed by atoms with Gasteiger partial charge in [-0.15, -0.1) is 0 Å². The Morgan fingerprint density at radius 1 is 1.53 bits per heavy atom. The molecular weight excluding hydrogens is 282 g/mol. The molecule has 1 N–H and O–H groups in total. The summed E-state index contributed by atoms with van der Waals surface area (Å²) in [7, 11) is 1.70. The van der Waals surface area contributed by atoms with Crippen molar-refractivity contribution >= 4 is 15.9 Å². The molecule has 0 unspecified atom stereocenters. The van der Waals surface area contributed by atoms with Crippen molar-refractivity contribution in [2.45, 2.75) is 26.0 Å². The maximum absolute atomic E-state index is 9.44. The number of methoxy groups -OCH3 is 1. The molecule has 0 saturated carbocycles. The molecule has 0 aliphatic carbocycles. The van der Waals surface area contributed by atoms with Gasteiger partial charge in [-0.2, -0.15) is 0 Å². The van der Waals surface area contributed by atoms with E-state index in [1.54, 1.807) is 7.11 Å². The first-order valence-electron chi connectivity index (χ1n) is 5.86. The number of ether oxygens (including phenoxy) is 1. The third-order valence-corrected chi connectivity index (χ3v) is 3.55. The second-order valence-corrected chi connectivity index (χ2v) is 5.50. The molecule has 4 heteroatoms. The van der Waals surface area contributed by atoms with Gasteiger partial charge < -0.3 is 9.84 Å². The zero-order valence-corrected chi connectivity index (χ0v) is 11.8. The molecule has 0 fully saturated rings. The fraction of sp³-hybridized carbons (Fsp3) is 0.538. The largest absolute Gasteiger partial charge is 0.496 e. The number of benzene rings is 1. The number of aliphatic hydroxyl groups excluding tert-OH is 1. The van der Waals surface area contributed by atoms with Gasteiger partial charge in [-0.05, 0) is 31.0 Å². The van der Waals surface area contributed by atoms with Crippen LogP contribution in [0.5, 0.6) is 5.75 Å². The van der Waals surface area contributed by atoms with Crippen LogP contribution >= 0.6 is 15.9 Å². The first-order chi connectivity index (χ1) is 8.10. The molecule has 1 heterocycles. The number of β-amino-alcohol motifs (C(OH)–C–C–N with tert-alkyl or cyclic N) is 1. The zero-order valence-electron chi connectivity index (χ0n) is 10.2. The van der Waals surface area contributed by atoms with Crippen LogP contribution in [0.1, 0.15) is 18.1 Å². The summed E-state index contributed by atoms with van der Waals surface area (Å²) in [4.78, 5) is 2.27. The van der Waals surface area contributed by atoms with Crippen LogP contribution in [0.25, 0.3) is 0 Å². The van der Waals surface area contributed by atoms with E-state index in [2.05, 4.69) is 26.9 Å². The second-order valence-electron chi connectivity index (χ2n) is 4.58. The van der Waals surface area contributed by atoms with Crippen molar-refractivity contribution < 1.29 is 9.84 Å². The van der Waals surface area contributed by atoms with Crippen LogP contribution in [-0.2, 0) is 13.0 Å². The van der Waals surface area contributed by atoms with E-state index in [9.17, 15) is 5.11 Å². The maximum Gasteiger partial charge on any atom is 0.124 e. The van der Waals surface area contributed by atoms with Gasteiger partial charge in [0.15, 0.2) is 0 Å². The summed E-state index contributed by atoms with van der Waals surface area (Å²) in [6.07, 6.45) is 0.732. The Kier molecular flexibility index (Phi) is 4.07. The van der Waals surface area contributed by atoms with Gasteiger partial charge >= 0.3 is 0 Å². The molecule has 1 atom stereocenters. The summed E-state index contributed by atoms with van der Waals surface area (Å²) in [5.74, 6) is 0.935. The molecule has 1 aromatic carbocycles. The van der Waals surface area contributed by atoms with Crippen LogP contribution in [0.4, 0.5) is 0 Å². The molecule has 0 radical (unpaired) electrons. The van der Waals surface area contributed by atoms with Gasteiger partial charge in [0.1, 0.15) is 5.75 Å². The summed E-state index contributed by atoms with van der Waals surface area (Å²) >= 11 is 3.50. The normalized spacial score (nSPS) is 17.6. The Morgan fingerprint density at radius 2 is 2.29 bits per heavy atom. The van der Waals surface area contributed by atoms with E-state index < -0.39 is 0 Å². The summed E-state index contributed by atoms with van der Waals surface area (Å²) in [6.45, 7) is 4.40. The minimum absolute atomic E-state index is 0.280. The smallest absolute Gasteiger partial charge is 0.124 e. The van der Waals surface area contributed by atoms with E-state index in [1.807, 2.05) is 13.0 Å². The number of fused-ring (bicyclic) bond motifs is 1. The Labute approximate surface area is 111 Å². The molecule has 17 heavy (non-hydrogen) atoms. The first-order valence-corrected chi connectivity index (χ1v) is 6.65. The number of halogens is 1. The van der Waals surface area contributed by atoms with E-state index >= 15 is 0 Å². The molecular formula is C13H18BrNO2. The van der Waals surface area contributed by atoms with E-state index in [-0.39, 0.29) is 6.10 Å². The van der Waals surface area contributed by atoms with Crippen molar-refractivity contribution in [1.82, 2.24) is 4.90 Å². The highest BCUT2D eigenvalue weighted by molar-refractivity contribution is 9.10. The summed E-state index contributed by atoms with van der Waals surface area (Å²) in [6, 6.07) is 4.17. The van der Waals surface area contributed by atoms with Crippen molar-refractivity contribution in [3.05, 3.63) is 27.7 Å². The van der Waals surface area contributed by atoms with Crippen molar-refractivity contribution in [3.63, 3.8) is 0 Å².